The van der Waals surface area contributed by atoms with E-state index >= 15 is 0 Å². The first-order chi connectivity index (χ1) is 12.4. The van der Waals surface area contributed by atoms with Crippen LogP contribution >= 0.6 is 12.4 Å². The monoisotopic (exact) mass is 393 g/mol. The maximum absolute atomic E-state index is 12.5. The molecule has 0 aliphatic carbocycles. The van der Waals surface area contributed by atoms with Gasteiger partial charge in [0.25, 0.3) is 5.91 Å². The Morgan fingerprint density at radius 1 is 1.19 bits per heavy atom. The van der Waals surface area contributed by atoms with Gasteiger partial charge in [0.05, 0.1) is 0 Å². The highest BCUT2D eigenvalue weighted by Gasteiger charge is 2.34. The van der Waals surface area contributed by atoms with Crippen LogP contribution < -0.4 is 16.0 Å². The quantitative estimate of drug-likeness (QED) is 0.690. The number of halogens is 1. The second-order valence-corrected chi connectivity index (χ2v) is 8.36. The highest BCUT2D eigenvalue weighted by Crippen LogP contribution is 2.33. The number of hydrogen-bond acceptors (Lipinski definition) is 3. The highest BCUT2D eigenvalue weighted by molar-refractivity contribution is 5.96. The number of nitrogens with one attached hydrogen (secondary N) is 3. The molecule has 27 heavy (non-hydrogen) atoms. The molecule has 3 N–H and O–H groups in total. The van der Waals surface area contributed by atoms with Crippen molar-refractivity contribution in [1.29, 1.82) is 0 Å². The second kappa shape index (κ2) is 9.56. The van der Waals surface area contributed by atoms with Crippen molar-refractivity contribution in [1.82, 2.24) is 10.6 Å². The topological polar surface area (TPSA) is 70.2 Å². The van der Waals surface area contributed by atoms with Gasteiger partial charge in [-0.1, -0.05) is 13.8 Å². The summed E-state index contributed by atoms with van der Waals surface area (Å²) in [6, 6.07) is 6.68. The molecular weight excluding hydrogens is 362 g/mol. The van der Waals surface area contributed by atoms with Crippen LogP contribution in [0.15, 0.2) is 18.2 Å². The summed E-state index contributed by atoms with van der Waals surface area (Å²) < 4.78 is 0. The van der Waals surface area contributed by atoms with Crippen molar-refractivity contribution in [2.24, 2.45) is 11.8 Å². The van der Waals surface area contributed by atoms with E-state index in [9.17, 15) is 9.59 Å². The molecule has 5 nitrogen and oxygen atoms in total. The minimum absolute atomic E-state index is 0. The van der Waals surface area contributed by atoms with E-state index in [1.165, 1.54) is 12.8 Å². The van der Waals surface area contributed by atoms with E-state index in [-0.39, 0.29) is 24.2 Å². The third kappa shape index (κ3) is 5.94. The zero-order valence-corrected chi connectivity index (χ0v) is 17.3. The molecule has 2 aliphatic rings. The Balaban J connectivity index is 0.00000261. The standard InChI is InChI=1S/C21H31N3O2.ClH/c1-13(2)12-22-21(26)16-4-7-19(14(3)8-16)24-20(25)11-15-9-17-5-6-18(10-15)23-17;/h4,7-8,13,15,17-18,23H,5-6,9-12H2,1-3H3,(H,22,26)(H,24,25);1H. The smallest absolute Gasteiger partial charge is 0.251 e. The molecule has 2 atom stereocenters. The molecule has 2 unspecified atom stereocenters. The lowest BCUT2D eigenvalue weighted by atomic mass is 9.89. The van der Waals surface area contributed by atoms with Crippen LogP contribution in [0.3, 0.4) is 0 Å². The first kappa shape index (κ1) is 21.7. The molecule has 1 aromatic rings. The van der Waals surface area contributed by atoms with Crippen LogP contribution in [0.1, 0.15) is 61.9 Å². The lowest BCUT2D eigenvalue weighted by molar-refractivity contribution is -0.117. The number of carbonyl (C=O) groups is 2. The molecular formula is C21H32ClN3O2. The van der Waals surface area contributed by atoms with Gasteiger partial charge in [-0.3, -0.25) is 9.59 Å². The van der Waals surface area contributed by atoms with Crippen LogP contribution in [0.4, 0.5) is 5.69 Å². The Bertz CT molecular complexity index is 665. The summed E-state index contributed by atoms with van der Waals surface area (Å²) in [7, 11) is 0. The molecule has 0 saturated carbocycles. The van der Waals surface area contributed by atoms with Gasteiger partial charge in [-0.05, 0) is 68.2 Å². The van der Waals surface area contributed by atoms with Crippen LogP contribution in [-0.4, -0.2) is 30.4 Å². The van der Waals surface area contributed by atoms with Crippen molar-refractivity contribution in [3.05, 3.63) is 29.3 Å². The number of aryl methyl sites for hydroxylation is 1. The van der Waals surface area contributed by atoms with Gasteiger partial charge in [0.1, 0.15) is 0 Å². The van der Waals surface area contributed by atoms with Crippen LogP contribution in [-0.2, 0) is 4.79 Å². The summed E-state index contributed by atoms with van der Waals surface area (Å²) >= 11 is 0. The van der Waals surface area contributed by atoms with E-state index in [2.05, 4.69) is 29.8 Å². The average Bonchev–Trinajstić information content (AvgIpc) is 2.93. The summed E-state index contributed by atoms with van der Waals surface area (Å²) in [5.41, 5.74) is 2.35. The first-order valence-electron chi connectivity index (χ1n) is 9.85. The molecule has 0 aromatic heterocycles. The van der Waals surface area contributed by atoms with Crippen molar-refractivity contribution in [3.63, 3.8) is 0 Å². The van der Waals surface area contributed by atoms with Crippen molar-refractivity contribution < 1.29 is 9.59 Å². The summed E-state index contributed by atoms with van der Waals surface area (Å²) in [6.45, 7) is 6.73. The van der Waals surface area contributed by atoms with Crippen molar-refractivity contribution in [2.75, 3.05) is 11.9 Å². The van der Waals surface area contributed by atoms with E-state index in [1.807, 2.05) is 19.1 Å². The highest BCUT2D eigenvalue weighted by atomic mass is 35.5. The van der Waals surface area contributed by atoms with Crippen molar-refractivity contribution >= 4 is 29.9 Å². The van der Waals surface area contributed by atoms with Gasteiger partial charge in [0.2, 0.25) is 5.91 Å². The first-order valence-corrected chi connectivity index (χ1v) is 9.85. The van der Waals surface area contributed by atoms with Gasteiger partial charge in [0, 0.05) is 36.3 Å². The van der Waals surface area contributed by atoms with E-state index in [4.69, 9.17) is 0 Å². The van der Waals surface area contributed by atoms with Crippen LogP contribution in [0.5, 0.6) is 0 Å². The van der Waals surface area contributed by atoms with E-state index in [0.29, 0.717) is 42.4 Å². The maximum atomic E-state index is 12.5. The third-order valence-corrected chi connectivity index (χ3v) is 5.48. The van der Waals surface area contributed by atoms with Crippen LogP contribution in [0.2, 0.25) is 0 Å². The normalized spacial score (nSPS) is 23.6. The molecule has 3 rings (SSSR count). The lowest BCUT2D eigenvalue weighted by Crippen LogP contribution is -2.39. The van der Waals surface area contributed by atoms with Gasteiger partial charge < -0.3 is 16.0 Å². The molecule has 1 aromatic carbocycles. The molecule has 2 fully saturated rings. The SMILES string of the molecule is Cc1cc(C(=O)NCC(C)C)ccc1NC(=O)CC1CC2CCC(C1)N2.Cl. The fourth-order valence-electron chi connectivity index (χ4n) is 4.15. The summed E-state index contributed by atoms with van der Waals surface area (Å²) in [5, 5.41) is 9.57. The zero-order valence-electron chi connectivity index (χ0n) is 16.5. The molecule has 0 radical (unpaired) electrons. The molecule has 2 amide bonds. The van der Waals surface area contributed by atoms with Crippen molar-refractivity contribution in [2.45, 2.75) is 65.0 Å². The molecule has 2 saturated heterocycles. The Hall–Kier alpha value is -1.59. The average molecular weight is 394 g/mol. The number of anilines is 1. The van der Waals surface area contributed by atoms with Gasteiger partial charge in [0.15, 0.2) is 0 Å². The number of piperidine rings is 1. The predicted octanol–water partition coefficient (Wildman–Crippen LogP) is 3.66. The van der Waals surface area contributed by atoms with Gasteiger partial charge in [-0.2, -0.15) is 0 Å². The minimum atomic E-state index is -0.0649. The zero-order chi connectivity index (χ0) is 18.7. The van der Waals surface area contributed by atoms with E-state index in [0.717, 1.165) is 24.1 Å². The second-order valence-electron chi connectivity index (χ2n) is 8.36. The van der Waals surface area contributed by atoms with Gasteiger partial charge in [-0.15, -0.1) is 12.4 Å². The Labute approximate surface area is 168 Å². The number of benzene rings is 1. The Morgan fingerprint density at radius 2 is 1.85 bits per heavy atom. The number of fused-ring (bicyclic) bond motifs is 2. The minimum Gasteiger partial charge on any atom is -0.352 e. The summed E-state index contributed by atoms with van der Waals surface area (Å²) in [6.07, 6.45) is 5.31. The van der Waals surface area contributed by atoms with Crippen molar-refractivity contribution in [3.8, 4) is 0 Å². The van der Waals surface area contributed by atoms with Crippen LogP contribution in [0, 0.1) is 18.8 Å². The lowest BCUT2D eigenvalue weighted by Gasteiger charge is -2.28. The number of amides is 2. The number of carbonyl (C=O) groups excluding carboxylic acids is 2. The molecule has 2 bridgehead atoms. The van der Waals surface area contributed by atoms with E-state index < -0.39 is 0 Å². The van der Waals surface area contributed by atoms with Gasteiger partial charge >= 0.3 is 0 Å². The molecule has 6 heteroatoms. The predicted molar refractivity (Wildman–Crippen MR) is 112 cm³/mol. The Kier molecular flexibility index (Phi) is 7.68. The van der Waals surface area contributed by atoms with Crippen LogP contribution in [0.25, 0.3) is 0 Å². The fourth-order valence-corrected chi connectivity index (χ4v) is 4.15. The fraction of sp³-hybridized carbons (Fsp3) is 0.619. The summed E-state index contributed by atoms with van der Waals surface area (Å²) in [5.74, 6) is 0.917. The molecule has 2 heterocycles. The molecule has 2 aliphatic heterocycles. The number of hydrogen-bond donors (Lipinski definition) is 3. The molecule has 0 spiro atoms. The molecule has 150 valence electrons. The third-order valence-electron chi connectivity index (χ3n) is 5.48. The summed E-state index contributed by atoms with van der Waals surface area (Å²) in [4.78, 5) is 24.6. The van der Waals surface area contributed by atoms with Gasteiger partial charge in [-0.25, -0.2) is 0 Å². The number of rotatable bonds is 6. The Morgan fingerprint density at radius 3 is 2.44 bits per heavy atom. The maximum Gasteiger partial charge on any atom is 0.251 e. The largest absolute Gasteiger partial charge is 0.352 e. The van der Waals surface area contributed by atoms with E-state index in [1.54, 1.807) is 6.07 Å².